The molecular formula is C19H15ClF5NO3. The molecule has 1 heterocycles. The number of hydrogen-bond donors (Lipinski definition) is 0. The van der Waals surface area contributed by atoms with E-state index in [0.29, 0.717) is 5.56 Å². The van der Waals surface area contributed by atoms with Crippen LogP contribution in [-0.4, -0.2) is 29.7 Å². The second-order valence-electron chi connectivity index (χ2n) is 6.35. The highest BCUT2D eigenvalue weighted by molar-refractivity contribution is 6.31. The first-order valence-corrected chi connectivity index (χ1v) is 8.85. The minimum absolute atomic E-state index is 0.0202. The molecule has 2 atom stereocenters. The first-order chi connectivity index (χ1) is 13.6. The Morgan fingerprint density at radius 3 is 2.31 bits per heavy atom. The van der Waals surface area contributed by atoms with Crippen LogP contribution in [0.4, 0.5) is 22.0 Å². The van der Waals surface area contributed by atoms with E-state index in [-0.39, 0.29) is 24.3 Å². The van der Waals surface area contributed by atoms with Crippen molar-refractivity contribution in [1.29, 1.82) is 0 Å². The van der Waals surface area contributed by atoms with Crippen molar-refractivity contribution in [2.45, 2.75) is 30.7 Å². The van der Waals surface area contributed by atoms with Gasteiger partial charge in [0.15, 0.2) is 11.6 Å². The topological polar surface area (TPSA) is 38.8 Å². The van der Waals surface area contributed by atoms with Crippen molar-refractivity contribution < 1.29 is 36.2 Å². The van der Waals surface area contributed by atoms with Gasteiger partial charge in [0, 0.05) is 6.54 Å². The molecule has 0 saturated carbocycles. The Kier molecular flexibility index (Phi) is 5.88. The largest absolute Gasteiger partial charge is 0.573 e. The first kappa shape index (κ1) is 21.2. The number of halogens is 6. The van der Waals surface area contributed by atoms with Crippen LogP contribution < -0.4 is 9.47 Å². The molecule has 0 aromatic heterocycles. The normalized spacial score (nSPS) is 19.6. The Morgan fingerprint density at radius 2 is 1.72 bits per heavy atom. The lowest BCUT2D eigenvalue weighted by atomic mass is 10.0. The number of benzene rings is 2. The van der Waals surface area contributed by atoms with Crippen molar-refractivity contribution in [2.24, 2.45) is 0 Å². The van der Waals surface area contributed by atoms with Crippen molar-refractivity contribution in [3.8, 4) is 11.5 Å². The molecule has 3 rings (SSSR count). The predicted molar refractivity (Wildman–Crippen MR) is 93.6 cm³/mol. The third-order valence-corrected chi connectivity index (χ3v) is 4.86. The van der Waals surface area contributed by atoms with E-state index in [1.165, 1.54) is 24.1 Å². The van der Waals surface area contributed by atoms with Crippen molar-refractivity contribution in [3.05, 3.63) is 59.2 Å². The summed E-state index contributed by atoms with van der Waals surface area (Å²) in [7, 11) is 1.18. The molecule has 0 aliphatic carbocycles. The summed E-state index contributed by atoms with van der Waals surface area (Å²) in [4.78, 5) is 13.8. The number of ether oxygens (including phenoxy) is 2. The highest BCUT2D eigenvalue weighted by atomic mass is 35.5. The third-order valence-electron chi connectivity index (χ3n) is 4.50. The van der Waals surface area contributed by atoms with Gasteiger partial charge < -0.3 is 14.4 Å². The van der Waals surface area contributed by atoms with Crippen molar-refractivity contribution >= 4 is 17.5 Å². The molecule has 1 amide bonds. The summed E-state index contributed by atoms with van der Waals surface area (Å²) in [6.45, 7) is -0.0713. The lowest BCUT2D eigenvalue weighted by Crippen LogP contribution is -2.30. The first-order valence-electron chi connectivity index (χ1n) is 8.42. The monoisotopic (exact) mass is 435 g/mol. The molecule has 0 radical (unpaired) electrons. The Bertz CT molecular complexity index is 904. The van der Waals surface area contributed by atoms with Crippen LogP contribution in [0.5, 0.6) is 11.5 Å². The molecule has 2 aromatic carbocycles. The van der Waals surface area contributed by atoms with Gasteiger partial charge >= 0.3 is 6.36 Å². The van der Waals surface area contributed by atoms with E-state index in [4.69, 9.17) is 16.3 Å². The van der Waals surface area contributed by atoms with Gasteiger partial charge in [-0.15, -0.1) is 24.8 Å². The maximum absolute atomic E-state index is 14.5. The van der Waals surface area contributed by atoms with E-state index < -0.39 is 41.1 Å². The standard InChI is InChI=1S/C19H15ClF5NO3/c1-28-17-14(22)7-6-13(21)16(17)15-8-12(20)18(27)26(15)9-10-2-4-11(5-3-10)29-19(23,24)25/h2-7,12,15H,8-9H2,1H3. The van der Waals surface area contributed by atoms with E-state index in [0.717, 1.165) is 24.3 Å². The second-order valence-corrected chi connectivity index (χ2v) is 6.88. The van der Waals surface area contributed by atoms with E-state index in [1.807, 2.05) is 0 Å². The lowest BCUT2D eigenvalue weighted by molar-refractivity contribution is -0.274. The number of nitrogens with zero attached hydrogens (tertiary/aromatic N) is 1. The SMILES string of the molecule is COc1c(F)ccc(F)c1C1CC(Cl)C(=O)N1Cc1ccc(OC(F)(F)F)cc1. The second kappa shape index (κ2) is 8.06. The molecule has 1 aliphatic rings. The van der Waals surface area contributed by atoms with Crippen LogP contribution in [0.15, 0.2) is 36.4 Å². The van der Waals surface area contributed by atoms with Gasteiger partial charge in [-0.25, -0.2) is 8.78 Å². The number of carbonyl (C=O) groups excluding carboxylic acids is 1. The Labute approximate surface area is 167 Å². The number of methoxy groups -OCH3 is 1. The van der Waals surface area contributed by atoms with E-state index >= 15 is 0 Å². The molecular weight excluding hydrogens is 421 g/mol. The Balaban J connectivity index is 1.90. The van der Waals surface area contributed by atoms with Crippen molar-refractivity contribution in [3.63, 3.8) is 0 Å². The molecule has 1 saturated heterocycles. The quantitative estimate of drug-likeness (QED) is 0.492. The van der Waals surface area contributed by atoms with Gasteiger partial charge in [-0.2, -0.15) is 0 Å². The fraction of sp³-hybridized carbons (Fsp3) is 0.316. The van der Waals surface area contributed by atoms with E-state index in [9.17, 15) is 26.7 Å². The summed E-state index contributed by atoms with van der Waals surface area (Å²) >= 11 is 6.06. The average molecular weight is 436 g/mol. The van der Waals surface area contributed by atoms with Gasteiger partial charge in [0.1, 0.15) is 16.9 Å². The van der Waals surface area contributed by atoms with Crippen LogP contribution in [0.25, 0.3) is 0 Å². The van der Waals surface area contributed by atoms with E-state index in [1.54, 1.807) is 0 Å². The number of likely N-dealkylation sites (tertiary alicyclic amines) is 1. The number of hydrogen-bond acceptors (Lipinski definition) is 3. The molecule has 2 aromatic rings. The van der Waals surface area contributed by atoms with Crippen LogP contribution in [0.2, 0.25) is 0 Å². The number of rotatable bonds is 5. The smallest absolute Gasteiger partial charge is 0.493 e. The zero-order chi connectivity index (χ0) is 21.3. The molecule has 29 heavy (non-hydrogen) atoms. The summed E-state index contributed by atoms with van der Waals surface area (Å²) in [6.07, 6.45) is -4.80. The molecule has 4 nitrogen and oxygen atoms in total. The molecule has 1 fully saturated rings. The third kappa shape index (κ3) is 4.55. The highest BCUT2D eigenvalue weighted by Gasteiger charge is 2.42. The molecule has 0 N–H and O–H groups in total. The van der Waals surface area contributed by atoms with Crippen molar-refractivity contribution in [1.82, 2.24) is 4.90 Å². The van der Waals surface area contributed by atoms with Crippen LogP contribution in [0.1, 0.15) is 23.6 Å². The van der Waals surface area contributed by atoms with Gasteiger partial charge in [-0.1, -0.05) is 12.1 Å². The molecule has 1 aliphatic heterocycles. The fourth-order valence-electron chi connectivity index (χ4n) is 3.28. The molecule has 156 valence electrons. The van der Waals surface area contributed by atoms with Gasteiger partial charge in [0.05, 0.1) is 18.7 Å². The van der Waals surface area contributed by atoms with Crippen molar-refractivity contribution in [2.75, 3.05) is 7.11 Å². The number of amides is 1. The molecule has 0 spiro atoms. The average Bonchev–Trinajstić information content (AvgIpc) is 2.91. The minimum Gasteiger partial charge on any atom is -0.493 e. The molecule has 2 unspecified atom stereocenters. The zero-order valence-electron chi connectivity index (χ0n) is 15.0. The molecule has 0 bridgehead atoms. The van der Waals surface area contributed by atoms with Crippen LogP contribution in [-0.2, 0) is 11.3 Å². The summed E-state index contributed by atoms with van der Waals surface area (Å²) in [5.41, 5.74) is 0.320. The maximum Gasteiger partial charge on any atom is 0.573 e. The van der Waals surface area contributed by atoms with Gasteiger partial charge in [-0.3, -0.25) is 4.79 Å². The van der Waals surface area contributed by atoms with Gasteiger partial charge in [-0.05, 0) is 36.2 Å². The summed E-state index contributed by atoms with van der Waals surface area (Å²) in [5, 5.41) is -0.958. The minimum atomic E-state index is -4.82. The number of carbonyl (C=O) groups is 1. The summed E-state index contributed by atoms with van der Waals surface area (Å²) in [5.74, 6) is -2.79. The van der Waals surface area contributed by atoms with Gasteiger partial charge in [0.25, 0.3) is 0 Å². The van der Waals surface area contributed by atoms with E-state index in [2.05, 4.69) is 4.74 Å². The Hall–Kier alpha value is -2.55. The summed E-state index contributed by atoms with van der Waals surface area (Å²) < 4.78 is 74.2. The summed E-state index contributed by atoms with van der Waals surface area (Å²) in [6, 6.07) is 5.82. The Morgan fingerprint density at radius 1 is 1.10 bits per heavy atom. The van der Waals surface area contributed by atoms with Crippen LogP contribution >= 0.6 is 11.6 Å². The fourth-order valence-corrected chi connectivity index (χ4v) is 3.57. The zero-order valence-corrected chi connectivity index (χ0v) is 15.7. The number of alkyl halides is 4. The molecule has 10 heteroatoms. The van der Waals surface area contributed by atoms with Gasteiger partial charge in [0.2, 0.25) is 5.91 Å². The van der Waals surface area contributed by atoms with Crippen LogP contribution in [0, 0.1) is 11.6 Å². The highest BCUT2D eigenvalue weighted by Crippen LogP contribution is 2.42. The predicted octanol–water partition coefficient (Wildman–Crippen LogP) is 4.95. The maximum atomic E-state index is 14.5. The lowest BCUT2D eigenvalue weighted by Gasteiger charge is -2.27. The van der Waals surface area contributed by atoms with Crippen LogP contribution in [0.3, 0.4) is 0 Å².